The van der Waals surface area contributed by atoms with Crippen LogP contribution in [-0.2, 0) is 4.79 Å². The van der Waals surface area contributed by atoms with Gasteiger partial charge in [-0.1, -0.05) is 19.3 Å². The molecule has 0 atom stereocenters. The van der Waals surface area contributed by atoms with E-state index in [4.69, 9.17) is 4.74 Å². The van der Waals surface area contributed by atoms with Crippen molar-refractivity contribution in [1.29, 1.82) is 0 Å². The molecule has 3 rings (SSSR count). The Morgan fingerprint density at radius 3 is 2.74 bits per heavy atom. The molecule has 1 aliphatic rings. The quantitative estimate of drug-likeness (QED) is 0.804. The van der Waals surface area contributed by atoms with Crippen LogP contribution in [0.25, 0.3) is 11.1 Å². The molecule has 1 aromatic carbocycles. The number of halogens is 1. The minimum atomic E-state index is -0.357. The van der Waals surface area contributed by atoms with Crippen LogP contribution in [0.3, 0.4) is 0 Å². The van der Waals surface area contributed by atoms with Gasteiger partial charge in [0, 0.05) is 23.9 Å². The van der Waals surface area contributed by atoms with Crippen molar-refractivity contribution in [2.75, 3.05) is 19.0 Å². The second-order valence-corrected chi connectivity index (χ2v) is 6.99. The van der Waals surface area contributed by atoms with Gasteiger partial charge in [-0.3, -0.25) is 4.79 Å². The number of nitrogens with one attached hydrogen (secondary N) is 2. The number of anilines is 1. The second kappa shape index (κ2) is 8.95. The van der Waals surface area contributed by atoms with Crippen LogP contribution in [0.4, 0.5) is 10.2 Å². The van der Waals surface area contributed by atoms with Crippen molar-refractivity contribution in [3.63, 3.8) is 0 Å². The normalized spacial score (nSPS) is 14.8. The van der Waals surface area contributed by atoms with E-state index in [1.807, 2.05) is 6.92 Å². The molecule has 0 radical (unpaired) electrons. The van der Waals surface area contributed by atoms with E-state index in [1.54, 1.807) is 18.3 Å². The minimum absolute atomic E-state index is 0.117. The minimum Gasteiger partial charge on any atom is -0.496 e. The Kier molecular flexibility index (Phi) is 6.40. The van der Waals surface area contributed by atoms with Gasteiger partial charge in [0.05, 0.1) is 13.7 Å². The van der Waals surface area contributed by atoms with Gasteiger partial charge in [-0.15, -0.1) is 0 Å². The summed E-state index contributed by atoms with van der Waals surface area (Å²) in [6.07, 6.45) is 7.69. The van der Waals surface area contributed by atoms with Gasteiger partial charge in [0.1, 0.15) is 17.4 Å². The smallest absolute Gasteiger partial charge is 0.239 e. The Balaban J connectivity index is 1.70. The number of hydrogen-bond donors (Lipinski definition) is 2. The third-order valence-electron chi connectivity index (χ3n) is 4.98. The second-order valence-electron chi connectivity index (χ2n) is 6.99. The van der Waals surface area contributed by atoms with E-state index < -0.39 is 0 Å². The zero-order chi connectivity index (χ0) is 19.2. The molecule has 5 nitrogen and oxygen atoms in total. The van der Waals surface area contributed by atoms with E-state index >= 15 is 0 Å². The average Bonchev–Trinajstić information content (AvgIpc) is 2.69. The summed E-state index contributed by atoms with van der Waals surface area (Å²) in [6, 6.07) is 6.64. The van der Waals surface area contributed by atoms with Crippen LogP contribution in [0.2, 0.25) is 0 Å². The van der Waals surface area contributed by atoms with Gasteiger partial charge >= 0.3 is 0 Å². The number of methoxy groups -OCH3 is 1. The molecule has 0 unspecified atom stereocenters. The lowest BCUT2D eigenvalue weighted by Crippen LogP contribution is -2.37. The number of aromatic nitrogens is 1. The van der Waals surface area contributed by atoms with E-state index in [-0.39, 0.29) is 18.3 Å². The fourth-order valence-corrected chi connectivity index (χ4v) is 3.50. The highest BCUT2D eigenvalue weighted by Crippen LogP contribution is 2.33. The summed E-state index contributed by atoms with van der Waals surface area (Å²) in [7, 11) is 1.51. The average molecular weight is 371 g/mol. The standard InChI is InChI=1S/C21H26FN3O2/c1-14-12-24-20(25-21(26)13-23-16-6-4-3-5-7-16)11-18(14)17-9-8-15(22)10-19(17)27-2/h8-12,16,23H,3-7,13H2,1-2H3,(H,24,25,26). The maximum atomic E-state index is 13.5. The first-order chi connectivity index (χ1) is 13.1. The van der Waals surface area contributed by atoms with E-state index in [2.05, 4.69) is 15.6 Å². The van der Waals surface area contributed by atoms with Crippen molar-refractivity contribution in [3.05, 3.63) is 41.8 Å². The largest absolute Gasteiger partial charge is 0.496 e. The van der Waals surface area contributed by atoms with Gasteiger partial charge in [0.2, 0.25) is 5.91 Å². The molecule has 1 heterocycles. The number of carbonyl (C=O) groups is 1. The zero-order valence-electron chi connectivity index (χ0n) is 15.8. The van der Waals surface area contributed by atoms with Crippen LogP contribution < -0.4 is 15.4 Å². The van der Waals surface area contributed by atoms with Gasteiger partial charge in [0.15, 0.2) is 0 Å². The van der Waals surface area contributed by atoms with Crippen molar-refractivity contribution in [1.82, 2.24) is 10.3 Å². The zero-order valence-corrected chi connectivity index (χ0v) is 15.8. The summed E-state index contributed by atoms with van der Waals surface area (Å²) in [5.41, 5.74) is 2.52. The molecule has 1 aromatic heterocycles. The summed E-state index contributed by atoms with van der Waals surface area (Å²) in [6.45, 7) is 2.19. The Bertz CT molecular complexity index is 804. The number of amides is 1. The molecule has 0 aliphatic heterocycles. The maximum absolute atomic E-state index is 13.5. The first-order valence-corrected chi connectivity index (χ1v) is 9.40. The molecule has 0 bridgehead atoms. The molecule has 1 amide bonds. The van der Waals surface area contributed by atoms with Crippen LogP contribution in [-0.4, -0.2) is 30.6 Å². The molecule has 144 valence electrons. The predicted octanol–water partition coefficient (Wildman–Crippen LogP) is 4.07. The van der Waals surface area contributed by atoms with Gasteiger partial charge in [-0.2, -0.15) is 0 Å². The number of carbonyl (C=O) groups excluding carboxylic acids is 1. The Labute approximate surface area is 159 Å². The monoisotopic (exact) mass is 371 g/mol. The summed E-state index contributed by atoms with van der Waals surface area (Å²) >= 11 is 0. The number of pyridine rings is 1. The van der Waals surface area contributed by atoms with Gasteiger partial charge < -0.3 is 15.4 Å². The fraction of sp³-hybridized carbons (Fsp3) is 0.429. The molecule has 2 N–H and O–H groups in total. The summed E-state index contributed by atoms with van der Waals surface area (Å²) in [4.78, 5) is 16.6. The third-order valence-corrected chi connectivity index (χ3v) is 4.98. The first-order valence-electron chi connectivity index (χ1n) is 9.40. The molecule has 1 fully saturated rings. The lowest BCUT2D eigenvalue weighted by molar-refractivity contribution is -0.115. The molecular weight excluding hydrogens is 345 g/mol. The summed E-state index contributed by atoms with van der Waals surface area (Å²) < 4.78 is 18.8. The number of benzene rings is 1. The van der Waals surface area contributed by atoms with Crippen molar-refractivity contribution in [2.24, 2.45) is 0 Å². The van der Waals surface area contributed by atoms with E-state index in [1.165, 1.54) is 38.5 Å². The molecule has 1 aliphatic carbocycles. The molecular formula is C21H26FN3O2. The lowest BCUT2D eigenvalue weighted by atomic mass is 9.95. The molecule has 0 spiro atoms. The Morgan fingerprint density at radius 2 is 2.00 bits per heavy atom. The molecule has 2 aromatic rings. The van der Waals surface area contributed by atoms with Crippen LogP contribution in [0.1, 0.15) is 37.7 Å². The topological polar surface area (TPSA) is 63.2 Å². The molecule has 1 saturated carbocycles. The number of nitrogens with zero attached hydrogens (tertiary/aromatic N) is 1. The van der Waals surface area contributed by atoms with Gasteiger partial charge in [0.25, 0.3) is 0 Å². The molecule has 6 heteroatoms. The van der Waals surface area contributed by atoms with Gasteiger partial charge in [-0.25, -0.2) is 9.37 Å². The van der Waals surface area contributed by atoms with Crippen molar-refractivity contribution in [3.8, 4) is 16.9 Å². The van der Waals surface area contributed by atoms with Crippen LogP contribution in [0, 0.1) is 12.7 Å². The Hall–Kier alpha value is -2.47. The van der Waals surface area contributed by atoms with Crippen molar-refractivity contribution >= 4 is 11.7 Å². The van der Waals surface area contributed by atoms with Gasteiger partial charge in [-0.05, 0) is 49.1 Å². The lowest BCUT2D eigenvalue weighted by Gasteiger charge is -2.22. The highest BCUT2D eigenvalue weighted by molar-refractivity contribution is 5.92. The first kappa shape index (κ1) is 19.3. The fourth-order valence-electron chi connectivity index (χ4n) is 3.50. The number of hydrogen-bond acceptors (Lipinski definition) is 4. The predicted molar refractivity (Wildman–Crippen MR) is 104 cm³/mol. The number of ether oxygens (including phenoxy) is 1. The van der Waals surface area contributed by atoms with Crippen LogP contribution >= 0.6 is 0 Å². The summed E-state index contributed by atoms with van der Waals surface area (Å²) in [5.74, 6) is 0.441. The number of rotatable bonds is 6. The third kappa shape index (κ3) is 5.04. The van der Waals surface area contributed by atoms with Crippen LogP contribution in [0.15, 0.2) is 30.5 Å². The van der Waals surface area contributed by atoms with Crippen molar-refractivity contribution < 1.29 is 13.9 Å². The van der Waals surface area contributed by atoms with E-state index in [0.29, 0.717) is 17.6 Å². The SMILES string of the molecule is COc1cc(F)ccc1-c1cc(NC(=O)CNC2CCCCC2)ncc1C. The maximum Gasteiger partial charge on any atom is 0.239 e. The highest BCUT2D eigenvalue weighted by Gasteiger charge is 2.15. The highest BCUT2D eigenvalue weighted by atomic mass is 19.1. The van der Waals surface area contributed by atoms with E-state index in [0.717, 1.165) is 29.5 Å². The number of aryl methyl sites for hydroxylation is 1. The van der Waals surface area contributed by atoms with E-state index in [9.17, 15) is 9.18 Å². The van der Waals surface area contributed by atoms with Crippen LogP contribution in [0.5, 0.6) is 5.75 Å². The summed E-state index contributed by atoms with van der Waals surface area (Å²) in [5, 5.41) is 6.16. The van der Waals surface area contributed by atoms with Crippen molar-refractivity contribution in [2.45, 2.75) is 45.1 Å². The molecule has 27 heavy (non-hydrogen) atoms. The Morgan fingerprint density at radius 1 is 1.22 bits per heavy atom. The molecule has 0 saturated heterocycles.